The molecule has 0 amide bonds. The molecule has 3 nitrogen and oxygen atoms in total. The SMILES string of the molecule is Cc1cccc(NC(=S)NC2(CCc3ccccc3Cl)CCCC2)n1. The van der Waals surface area contributed by atoms with Crippen LogP contribution in [0.1, 0.15) is 43.4 Å². The zero-order valence-corrected chi connectivity index (χ0v) is 16.1. The highest BCUT2D eigenvalue weighted by Crippen LogP contribution is 2.34. The van der Waals surface area contributed by atoms with Crippen molar-refractivity contribution in [3.63, 3.8) is 0 Å². The summed E-state index contributed by atoms with van der Waals surface area (Å²) in [6.45, 7) is 1.98. The number of halogens is 1. The van der Waals surface area contributed by atoms with Gasteiger partial charge in [-0.3, -0.25) is 0 Å². The van der Waals surface area contributed by atoms with Gasteiger partial charge in [0.15, 0.2) is 5.11 Å². The van der Waals surface area contributed by atoms with Crippen molar-refractivity contribution in [3.05, 3.63) is 58.7 Å². The standard InChI is InChI=1S/C20H24ClN3S/c1-15-7-6-10-18(22-15)23-19(25)24-20(12-4-5-13-20)14-11-16-8-2-3-9-17(16)21/h2-3,6-10H,4-5,11-14H2,1H3,(H2,22,23,24,25). The Morgan fingerprint density at radius 3 is 2.64 bits per heavy atom. The smallest absolute Gasteiger partial charge is 0.172 e. The van der Waals surface area contributed by atoms with E-state index in [1.807, 2.05) is 43.3 Å². The number of pyridine rings is 1. The van der Waals surface area contributed by atoms with E-state index in [-0.39, 0.29) is 5.54 Å². The van der Waals surface area contributed by atoms with Gasteiger partial charge in [0.25, 0.3) is 0 Å². The number of nitrogens with zero attached hydrogens (tertiary/aromatic N) is 1. The first-order chi connectivity index (χ1) is 12.1. The maximum atomic E-state index is 6.32. The number of hydrogen-bond donors (Lipinski definition) is 2. The molecule has 1 aromatic heterocycles. The Bertz CT molecular complexity index is 741. The third-order valence-corrected chi connectivity index (χ3v) is 5.47. The lowest BCUT2D eigenvalue weighted by molar-refractivity contribution is 0.362. The summed E-state index contributed by atoms with van der Waals surface area (Å²) in [5.74, 6) is 0.789. The molecule has 25 heavy (non-hydrogen) atoms. The van der Waals surface area contributed by atoms with Gasteiger partial charge in [-0.2, -0.15) is 0 Å². The maximum Gasteiger partial charge on any atom is 0.172 e. The lowest BCUT2D eigenvalue weighted by Crippen LogP contribution is -2.48. The molecule has 1 fully saturated rings. The van der Waals surface area contributed by atoms with Crippen molar-refractivity contribution in [2.45, 2.75) is 51.0 Å². The van der Waals surface area contributed by atoms with E-state index in [4.69, 9.17) is 23.8 Å². The largest absolute Gasteiger partial charge is 0.357 e. The van der Waals surface area contributed by atoms with E-state index in [1.165, 1.54) is 18.4 Å². The maximum absolute atomic E-state index is 6.32. The molecule has 0 spiro atoms. The molecular weight excluding hydrogens is 350 g/mol. The van der Waals surface area contributed by atoms with Crippen LogP contribution in [0, 0.1) is 6.92 Å². The van der Waals surface area contributed by atoms with E-state index in [1.54, 1.807) is 0 Å². The number of rotatable bonds is 5. The molecule has 2 N–H and O–H groups in total. The fraction of sp³-hybridized carbons (Fsp3) is 0.400. The monoisotopic (exact) mass is 373 g/mol. The molecule has 132 valence electrons. The highest BCUT2D eigenvalue weighted by atomic mass is 35.5. The van der Waals surface area contributed by atoms with Crippen molar-refractivity contribution in [1.29, 1.82) is 0 Å². The summed E-state index contributed by atoms with van der Waals surface area (Å²) in [5, 5.41) is 8.31. The molecule has 0 bridgehead atoms. The molecule has 1 saturated carbocycles. The lowest BCUT2D eigenvalue weighted by atomic mass is 9.89. The van der Waals surface area contributed by atoms with Gasteiger partial charge in [-0.05, 0) is 68.6 Å². The van der Waals surface area contributed by atoms with Crippen LogP contribution in [0.3, 0.4) is 0 Å². The van der Waals surface area contributed by atoms with E-state index in [0.29, 0.717) is 5.11 Å². The van der Waals surface area contributed by atoms with Gasteiger partial charge in [0.1, 0.15) is 5.82 Å². The molecule has 3 rings (SSSR count). The molecule has 0 unspecified atom stereocenters. The van der Waals surface area contributed by atoms with Gasteiger partial charge < -0.3 is 10.6 Å². The van der Waals surface area contributed by atoms with Crippen molar-refractivity contribution in [2.24, 2.45) is 0 Å². The fourth-order valence-electron chi connectivity index (χ4n) is 3.57. The number of anilines is 1. The summed E-state index contributed by atoms with van der Waals surface area (Å²) in [5.41, 5.74) is 2.23. The number of thiocarbonyl (C=S) groups is 1. The number of aromatic nitrogens is 1. The average molecular weight is 374 g/mol. The van der Waals surface area contributed by atoms with E-state index in [9.17, 15) is 0 Å². The Kier molecular flexibility index (Phi) is 5.92. The minimum atomic E-state index is 0.0487. The van der Waals surface area contributed by atoms with Gasteiger partial charge in [-0.25, -0.2) is 4.98 Å². The highest BCUT2D eigenvalue weighted by Gasteiger charge is 2.34. The summed E-state index contributed by atoms with van der Waals surface area (Å²) in [7, 11) is 0. The molecule has 0 radical (unpaired) electrons. The van der Waals surface area contributed by atoms with E-state index in [0.717, 1.165) is 42.2 Å². The number of benzene rings is 1. The van der Waals surface area contributed by atoms with Gasteiger partial charge in [0.2, 0.25) is 0 Å². The summed E-state index contributed by atoms with van der Waals surface area (Å²) in [6, 6.07) is 14.0. The Morgan fingerprint density at radius 1 is 1.16 bits per heavy atom. The summed E-state index contributed by atoms with van der Waals surface area (Å²) in [4.78, 5) is 4.46. The zero-order valence-electron chi connectivity index (χ0n) is 14.5. The number of aryl methyl sites for hydroxylation is 2. The molecule has 1 aliphatic carbocycles. The molecule has 1 aliphatic rings. The summed E-state index contributed by atoms with van der Waals surface area (Å²) < 4.78 is 0. The normalized spacial score (nSPS) is 15.8. The summed E-state index contributed by atoms with van der Waals surface area (Å²) in [6.07, 6.45) is 6.74. The molecule has 0 saturated heterocycles. The minimum Gasteiger partial charge on any atom is -0.357 e. The predicted octanol–water partition coefficient (Wildman–Crippen LogP) is 5.28. The second kappa shape index (κ2) is 8.15. The van der Waals surface area contributed by atoms with Gasteiger partial charge in [-0.15, -0.1) is 0 Å². The van der Waals surface area contributed by atoms with E-state index >= 15 is 0 Å². The van der Waals surface area contributed by atoms with Gasteiger partial charge in [-0.1, -0.05) is 48.7 Å². The first-order valence-electron chi connectivity index (χ1n) is 8.83. The highest BCUT2D eigenvalue weighted by molar-refractivity contribution is 7.80. The fourth-order valence-corrected chi connectivity index (χ4v) is 4.12. The third kappa shape index (κ3) is 4.93. The Balaban J connectivity index is 1.64. The first-order valence-corrected chi connectivity index (χ1v) is 9.61. The zero-order chi connectivity index (χ0) is 17.7. The molecule has 2 aromatic rings. The van der Waals surface area contributed by atoms with Crippen LogP contribution in [0.15, 0.2) is 42.5 Å². The molecule has 1 heterocycles. The van der Waals surface area contributed by atoms with Crippen molar-refractivity contribution in [1.82, 2.24) is 10.3 Å². The second-order valence-corrected chi connectivity index (χ2v) is 7.64. The molecular formula is C20H24ClN3S. The number of nitrogens with one attached hydrogen (secondary N) is 2. The Labute approximate surface area is 160 Å². The van der Waals surface area contributed by atoms with Crippen LogP contribution in [0.4, 0.5) is 5.82 Å². The van der Waals surface area contributed by atoms with Crippen LogP contribution < -0.4 is 10.6 Å². The van der Waals surface area contributed by atoms with Crippen molar-refractivity contribution >= 4 is 34.7 Å². The van der Waals surface area contributed by atoms with Gasteiger partial charge in [0.05, 0.1) is 0 Å². The second-order valence-electron chi connectivity index (χ2n) is 6.82. The summed E-state index contributed by atoms with van der Waals surface area (Å²) >= 11 is 11.9. The lowest BCUT2D eigenvalue weighted by Gasteiger charge is -2.32. The number of hydrogen-bond acceptors (Lipinski definition) is 2. The third-order valence-electron chi connectivity index (χ3n) is 4.90. The van der Waals surface area contributed by atoms with Crippen LogP contribution in [-0.2, 0) is 6.42 Å². The predicted molar refractivity (Wildman–Crippen MR) is 109 cm³/mol. The average Bonchev–Trinajstić information content (AvgIpc) is 3.02. The van der Waals surface area contributed by atoms with Crippen LogP contribution >= 0.6 is 23.8 Å². The molecule has 5 heteroatoms. The van der Waals surface area contributed by atoms with Crippen molar-refractivity contribution in [3.8, 4) is 0 Å². The first kappa shape index (κ1) is 18.2. The van der Waals surface area contributed by atoms with Crippen LogP contribution in [0.25, 0.3) is 0 Å². The van der Waals surface area contributed by atoms with E-state index < -0.39 is 0 Å². The minimum absolute atomic E-state index is 0.0487. The Morgan fingerprint density at radius 2 is 1.92 bits per heavy atom. The van der Waals surface area contributed by atoms with Crippen molar-refractivity contribution < 1.29 is 0 Å². The molecule has 0 aliphatic heterocycles. The Hall–Kier alpha value is -1.65. The van der Waals surface area contributed by atoms with Crippen molar-refractivity contribution in [2.75, 3.05) is 5.32 Å². The van der Waals surface area contributed by atoms with Gasteiger partial charge in [0, 0.05) is 16.3 Å². The van der Waals surface area contributed by atoms with E-state index in [2.05, 4.69) is 21.7 Å². The topological polar surface area (TPSA) is 37.0 Å². The molecule has 1 aromatic carbocycles. The van der Waals surface area contributed by atoms with Gasteiger partial charge >= 0.3 is 0 Å². The molecule has 0 atom stereocenters. The quantitative estimate of drug-likeness (QED) is 0.699. The van der Waals surface area contributed by atoms with Crippen LogP contribution in [-0.4, -0.2) is 15.6 Å². The van der Waals surface area contributed by atoms with Crippen LogP contribution in [0.5, 0.6) is 0 Å². The van der Waals surface area contributed by atoms with Crippen LogP contribution in [0.2, 0.25) is 5.02 Å².